The van der Waals surface area contributed by atoms with E-state index in [1.807, 2.05) is 18.2 Å². The van der Waals surface area contributed by atoms with Gasteiger partial charge in [-0.15, -0.1) is 5.06 Å². The van der Waals surface area contributed by atoms with Crippen LogP contribution in [0.15, 0.2) is 60.7 Å². The summed E-state index contributed by atoms with van der Waals surface area (Å²) in [7, 11) is 3.07. The molecule has 36 heavy (non-hydrogen) atoms. The molecule has 2 saturated heterocycles. The number of nitrogens with zero attached hydrogens (tertiary/aromatic N) is 2. The van der Waals surface area contributed by atoms with Crippen LogP contribution < -0.4 is 14.8 Å². The highest BCUT2D eigenvalue weighted by molar-refractivity contribution is 5.87. The summed E-state index contributed by atoms with van der Waals surface area (Å²) in [5.74, 6) is 1.08. The van der Waals surface area contributed by atoms with Crippen LogP contribution in [0.2, 0.25) is 0 Å². The number of rotatable bonds is 6. The number of ether oxygens (including phenoxy) is 3. The number of amides is 2. The number of hydroxylamine groups is 2. The molecule has 9 nitrogen and oxygen atoms in total. The van der Waals surface area contributed by atoms with Crippen LogP contribution in [0.3, 0.4) is 0 Å². The van der Waals surface area contributed by atoms with E-state index < -0.39 is 11.7 Å². The molecule has 0 radical (unpaired) electrons. The molecule has 9 heteroatoms. The molecule has 2 aliphatic rings. The summed E-state index contributed by atoms with van der Waals surface area (Å²) in [6, 6.07) is 19.5. The Hall–Kier alpha value is -3.98. The Morgan fingerprint density at radius 2 is 1.78 bits per heavy atom. The molecule has 0 aliphatic carbocycles. The van der Waals surface area contributed by atoms with Gasteiger partial charge in [-0.2, -0.15) is 0 Å². The van der Waals surface area contributed by atoms with E-state index in [0.717, 1.165) is 10.9 Å². The molecule has 0 saturated carbocycles. The maximum absolute atomic E-state index is 12.7. The van der Waals surface area contributed by atoms with Gasteiger partial charge in [-0.05, 0) is 34.5 Å². The van der Waals surface area contributed by atoms with Crippen LogP contribution in [0.25, 0.3) is 10.8 Å². The third kappa shape index (κ3) is 5.01. The molecule has 2 aliphatic heterocycles. The van der Waals surface area contributed by atoms with Gasteiger partial charge in [-0.1, -0.05) is 36.4 Å². The Labute approximate surface area is 209 Å². The molecule has 1 N–H and O–H groups in total. The third-order valence-corrected chi connectivity index (χ3v) is 6.72. The Morgan fingerprint density at radius 1 is 1.00 bits per heavy atom. The summed E-state index contributed by atoms with van der Waals surface area (Å²) in [6.45, 7) is 1.93. The summed E-state index contributed by atoms with van der Waals surface area (Å²) in [5, 5.41) is 6.60. The zero-order valence-electron chi connectivity index (χ0n) is 20.4. The first kappa shape index (κ1) is 23.7. The van der Waals surface area contributed by atoms with E-state index in [1.54, 1.807) is 35.3 Å². The average molecular weight is 492 g/mol. The lowest BCUT2D eigenvalue weighted by Gasteiger charge is -2.36. The minimum atomic E-state index is -0.626. The molecule has 2 amide bonds. The molecule has 3 aromatic carbocycles. The van der Waals surface area contributed by atoms with Crippen LogP contribution in [-0.4, -0.2) is 61.6 Å². The fourth-order valence-corrected chi connectivity index (χ4v) is 4.78. The van der Waals surface area contributed by atoms with Crippen molar-refractivity contribution in [3.63, 3.8) is 0 Å². The van der Waals surface area contributed by atoms with Crippen LogP contribution in [0.1, 0.15) is 18.4 Å². The molecular formula is C27H29N3O6. The fourth-order valence-electron chi connectivity index (χ4n) is 4.78. The second-order valence-corrected chi connectivity index (χ2v) is 9.09. The van der Waals surface area contributed by atoms with Gasteiger partial charge < -0.3 is 19.0 Å². The molecule has 1 spiro atoms. The van der Waals surface area contributed by atoms with E-state index in [1.165, 1.54) is 12.5 Å². The first-order chi connectivity index (χ1) is 17.5. The van der Waals surface area contributed by atoms with Gasteiger partial charge >= 0.3 is 12.2 Å². The summed E-state index contributed by atoms with van der Waals surface area (Å²) in [6.07, 6.45) is 0.213. The molecule has 2 fully saturated rings. The van der Waals surface area contributed by atoms with Crippen molar-refractivity contribution in [2.24, 2.45) is 0 Å². The van der Waals surface area contributed by atoms with Crippen molar-refractivity contribution >= 4 is 28.6 Å². The molecule has 5 rings (SSSR count). The van der Waals surface area contributed by atoms with Crippen LogP contribution in [-0.2, 0) is 16.1 Å². The number of anilines is 1. The molecule has 188 valence electrons. The van der Waals surface area contributed by atoms with Gasteiger partial charge in [0.05, 0.1) is 26.5 Å². The lowest BCUT2D eigenvalue weighted by atomic mass is 9.92. The van der Waals surface area contributed by atoms with Gasteiger partial charge in [0.15, 0.2) is 0 Å². The average Bonchev–Trinajstić information content (AvgIpc) is 3.19. The van der Waals surface area contributed by atoms with E-state index in [4.69, 9.17) is 19.0 Å². The lowest BCUT2D eigenvalue weighted by molar-refractivity contribution is -0.138. The highest BCUT2D eigenvalue weighted by atomic mass is 16.7. The molecule has 0 aromatic heterocycles. The maximum Gasteiger partial charge on any atom is 0.430 e. The van der Waals surface area contributed by atoms with Crippen molar-refractivity contribution in [3.8, 4) is 11.5 Å². The zero-order valence-corrected chi connectivity index (χ0v) is 20.4. The number of nitrogens with one attached hydrogen (secondary N) is 1. The normalized spacial score (nSPS) is 17.2. The highest BCUT2D eigenvalue weighted by Gasteiger charge is 2.47. The van der Waals surface area contributed by atoms with Crippen molar-refractivity contribution in [1.29, 1.82) is 0 Å². The van der Waals surface area contributed by atoms with Gasteiger partial charge in [-0.25, -0.2) is 9.59 Å². The number of carbonyl (C=O) groups is 2. The van der Waals surface area contributed by atoms with E-state index in [0.29, 0.717) is 56.2 Å². The van der Waals surface area contributed by atoms with E-state index in [9.17, 15) is 9.59 Å². The topological polar surface area (TPSA) is 89.6 Å². The van der Waals surface area contributed by atoms with Crippen LogP contribution >= 0.6 is 0 Å². The number of hydrogen-bond acceptors (Lipinski definition) is 7. The third-order valence-electron chi connectivity index (χ3n) is 6.72. The molecule has 0 bridgehead atoms. The zero-order chi connectivity index (χ0) is 25.1. The predicted octanol–water partition coefficient (Wildman–Crippen LogP) is 4.81. The molecule has 2 heterocycles. The highest BCUT2D eigenvalue weighted by Crippen LogP contribution is 2.35. The molecular weight excluding hydrogens is 462 g/mol. The van der Waals surface area contributed by atoms with Crippen molar-refractivity contribution in [2.45, 2.75) is 25.0 Å². The van der Waals surface area contributed by atoms with E-state index in [-0.39, 0.29) is 6.09 Å². The summed E-state index contributed by atoms with van der Waals surface area (Å²) in [5.41, 5.74) is 0.942. The summed E-state index contributed by atoms with van der Waals surface area (Å²) < 4.78 is 16.3. The first-order valence-electron chi connectivity index (χ1n) is 11.9. The summed E-state index contributed by atoms with van der Waals surface area (Å²) >= 11 is 0. The lowest BCUT2D eigenvalue weighted by Crippen LogP contribution is -2.47. The Morgan fingerprint density at radius 3 is 2.53 bits per heavy atom. The number of fused-ring (bicyclic) bond motifs is 1. The Bertz CT molecular complexity index is 1270. The van der Waals surface area contributed by atoms with E-state index in [2.05, 4.69) is 29.6 Å². The Kier molecular flexibility index (Phi) is 6.56. The number of hydrogen-bond donors (Lipinski definition) is 1. The van der Waals surface area contributed by atoms with E-state index >= 15 is 0 Å². The fraction of sp³-hybridized carbons (Fsp3) is 0.333. The minimum absolute atomic E-state index is 0.305. The Balaban J connectivity index is 1.15. The predicted molar refractivity (Wildman–Crippen MR) is 134 cm³/mol. The van der Waals surface area contributed by atoms with Gasteiger partial charge in [0, 0.05) is 38.5 Å². The summed E-state index contributed by atoms with van der Waals surface area (Å²) in [4.78, 5) is 32.4. The van der Waals surface area contributed by atoms with Crippen molar-refractivity contribution in [3.05, 3.63) is 66.2 Å². The second kappa shape index (κ2) is 9.94. The van der Waals surface area contributed by atoms with Gasteiger partial charge in [0.25, 0.3) is 0 Å². The first-order valence-corrected chi connectivity index (χ1v) is 11.9. The number of benzene rings is 3. The van der Waals surface area contributed by atoms with Crippen molar-refractivity contribution < 1.29 is 28.6 Å². The molecule has 0 unspecified atom stereocenters. The van der Waals surface area contributed by atoms with Gasteiger partial charge in [0.2, 0.25) is 0 Å². The molecule has 0 atom stereocenters. The second-order valence-electron chi connectivity index (χ2n) is 9.09. The van der Waals surface area contributed by atoms with Crippen molar-refractivity contribution in [2.75, 3.05) is 39.2 Å². The quantitative estimate of drug-likeness (QED) is 0.529. The van der Waals surface area contributed by atoms with Crippen LogP contribution in [0, 0.1) is 0 Å². The smallest absolute Gasteiger partial charge is 0.430 e. The number of piperidine rings is 1. The SMILES string of the molecule is COc1ccc(OC)c(NC(=O)ON2CCC3(CC2)CN(Cc2ccc4ccccc4c2)C(=O)O3)c1. The van der Waals surface area contributed by atoms with Gasteiger partial charge in [0.1, 0.15) is 17.1 Å². The van der Waals surface area contributed by atoms with Crippen LogP contribution in [0.4, 0.5) is 15.3 Å². The number of carbonyl (C=O) groups excluding carboxylic acids is 2. The minimum Gasteiger partial charge on any atom is -0.497 e. The largest absolute Gasteiger partial charge is 0.497 e. The standard InChI is InChI=1S/C27H29N3O6/c1-33-22-9-10-24(34-2)23(16-22)28-25(31)36-30-13-11-27(12-14-30)18-29(26(32)35-27)17-19-7-8-20-5-3-4-6-21(20)15-19/h3-10,15-16H,11-14,17-18H2,1-2H3,(H,28,31). The maximum atomic E-state index is 12.7. The monoisotopic (exact) mass is 491 g/mol. The molecule has 3 aromatic rings. The van der Waals surface area contributed by atoms with Crippen molar-refractivity contribution in [1.82, 2.24) is 9.96 Å². The van der Waals surface area contributed by atoms with Crippen LogP contribution in [0.5, 0.6) is 11.5 Å². The van der Waals surface area contributed by atoms with Gasteiger partial charge in [-0.3, -0.25) is 10.2 Å². The number of methoxy groups -OCH3 is 2.